The first-order valence-electron chi connectivity index (χ1n) is 9.38. The zero-order chi connectivity index (χ0) is 20.9. The van der Waals surface area contributed by atoms with Crippen LogP contribution in [0.5, 0.6) is 0 Å². The lowest BCUT2D eigenvalue weighted by molar-refractivity contribution is 0.445. The van der Waals surface area contributed by atoms with E-state index in [1.54, 1.807) is 26.0 Å². The van der Waals surface area contributed by atoms with Gasteiger partial charge in [-0.2, -0.15) is 4.31 Å². The third-order valence-corrected chi connectivity index (χ3v) is 8.28. The van der Waals surface area contributed by atoms with E-state index in [9.17, 15) is 16.8 Å². The maximum Gasteiger partial charge on any atom is 0.261 e. The van der Waals surface area contributed by atoms with Crippen LogP contribution in [0.15, 0.2) is 58.3 Å². The van der Waals surface area contributed by atoms with Gasteiger partial charge in [0.15, 0.2) is 0 Å². The number of rotatable bonds is 9. The normalized spacial score (nSPS) is 13.5. The number of hydrogen-bond acceptors (Lipinski definition) is 4. The Hall–Kier alpha value is -1.90. The summed E-state index contributed by atoms with van der Waals surface area (Å²) >= 11 is 0. The van der Waals surface area contributed by atoms with Gasteiger partial charge in [-0.15, -0.1) is 0 Å². The van der Waals surface area contributed by atoms with Gasteiger partial charge in [-0.25, -0.2) is 16.8 Å². The Morgan fingerprint density at radius 2 is 1.32 bits per heavy atom. The molecule has 154 valence electrons. The highest BCUT2D eigenvalue weighted by Crippen LogP contribution is 2.23. The van der Waals surface area contributed by atoms with E-state index in [1.165, 1.54) is 28.6 Å². The summed E-state index contributed by atoms with van der Waals surface area (Å²) in [6, 6.07) is 12.6. The van der Waals surface area contributed by atoms with Gasteiger partial charge in [0.1, 0.15) is 0 Å². The molecule has 1 N–H and O–H groups in total. The Bertz CT molecular complexity index is 980. The zero-order valence-electron chi connectivity index (χ0n) is 16.7. The smallest absolute Gasteiger partial charge is 0.261 e. The fraction of sp³-hybridized carbons (Fsp3) is 0.400. The summed E-state index contributed by atoms with van der Waals surface area (Å²) < 4.78 is 54.1. The summed E-state index contributed by atoms with van der Waals surface area (Å²) in [6.45, 7) is 8.45. The third kappa shape index (κ3) is 4.92. The first-order chi connectivity index (χ1) is 13.2. The molecule has 2 aromatic carbocycles. The van der Waals surface area contributed by atoms with Gasteiger partial charge in [0, 0.05) is 18.8 Å². The molecular weight excluding hydrogens is 396 g/mol. The maximum absolute atomic E-state index is 12.6. The van der Waals surface area contributed by atoms with Gasteiger partial charge in [0.2, 0.25) is 10.0 Å². The van der Waals surface area contributed by atoms with E-state index in [1.807, 2.05) is 12.1 Å². The number of benzene rings is 2. The number of nitrogens with one attached hydrogen (secondary N) is 1. The lowest BCUT2D eigenvalue weighted by atomic mass is 9.99. The molecule has 0 aliphatic heterocycles. The van der Waals surface area contributed by atoms with E-state index in [0.717, 1.165) is 12.0 Å². The molecule has 0 saturated heterocycles. The molecule has 0 radical (unpaired) electrons. The van der Waals surface area contributed by atoms with Crippen LogP contribution in [0.4, 0.5) is 5.69 Å². The number of hydrogen-bond donors (Lipinski definition) is 1. The second kappa shape index (κ2) is 9.07. The van der Waals surface area contributed by atoms with Gasteiger partial charge < -0.3 is 0 Å². The van der Waals surface area contributed by atoms with Crippen molar-refractivity contribution in [3.05, 3.63) is 54.1 Å². The second-order valence-electron chi connectivity index (χ2n) is 6.60. The van der Waals surface area contributed by atoms with Crippen molar-refractivity contribution >= 4 is 25.7 Å². The summed E-state index contributed by atoms with van der Waals surface area (Å²) in [5, 5.41) is 0. The van der Waals surface area contributed by atoms with Crippen LogP contribution in [-0.4, -0.2) is 34.2 Å². The van der Waals surface area contributed by atoms with E-state index in [2.05, 4.69) is 18.6 Å². The van der Waals surface area contributed by atoms with E-state index in [-0.39, 0.29) is 9.79 Å². The van der Waals surface area contributed by atoms with Crippen molar-refractivity contribution < 1.29 is 16.8 Å². The highest BCUT2D eigenvalue weighted by atomic mass is 32.2. The molecule has 0 aliphatic carbocycles. The standard InChI is InChI=1S/C20H28N2O4S2/c1-5-16(4)17-8-10-18(11-9-17)21-27(23,24)19-12-14-20(15-13-19)28(25,26)22(6-2)7-3/h8-16,21H,5-7H2,1-4H3/t16-/m1/s1. The van der Waals surface area contributed by atoms with Gasteiger partial charge in [-0.1, -0.05) is 39.8 Å². The van der Waals surface area contributed by atoms with Gasteiger partial charge in [0.05, 0.1) is 9.79 Å². The van der Waals surface area contributed by atoms with Crippen molar-refractivity contribution in [1.29, 1.82) is 0 Å². The minimum Gasteiger partial charge on any atom is -0.280 e. The predicted octanol–water partition coefficient (Wildman–Crippen LogP) is 4.03. The molecule has 0 aromatic heterocycles. The second-order valence-corrected chi connectivity index (χ2v) is 10.2. The molecule has 0 amide bonds. The van der Waals surface area contributed by atoms with Crippen LogP contribution in [0.3, 0.4) is 0 Å². The molecule has 0 heterocycles. The Labute approximate surface area is 168 Å². The van der Waals surface area contributed by atoms with Crippen molar-refractivity contribution in [2.45, 2.75) is 49.8 Å². The number of nitrogens with zero attached hydrogens (tertiary/aromatic N) is 1. The van der Waals surface area contributed by atoms with E-state index >= 15 is 0 Å². The molecule has 8 heteroatoms. The van der Waals surface area contributed by atoms with Crippen molar-refractivity contribution in [1.82, 2.24) is 4.31 Å². The molecule has 0 unspecified atom stereocenters. The lowest BCUT2D eigenvalue weighted by Crippen LogP contribution is -2.30. The fourth-order valence-corrected chi connectivity index (χ4v) is 5.35. The Balaban J connectivity index is 2.22. The molecule has 2 rings (SSSR count). The lowest BCUT2D eigenvalue weighted by Gasteiger charge is -2.18. The molecule has 0 spiro atoms. The van der Waals surface area contributed by atoms with Gasteiger partial charge in [-0.05, 0) is 54.3 Å². The van der Waals surface area contributed by atoms with Crippen molar-refractivity contribution in [3.63, 3.8) is 0 Å². The molecule has 0 bridgehead atoms. The Kier molecular flexibility index (Phi) is 7.25. The van der Waals surface area contributed by atoms with E-state index in [4.69, 9.17) is 0 Å². The van der Waals surface area contributed by atoms with Crippen LogP contribution in [0.2, 0.25) is 0 Å². The minimum atomic E-state index is -3.80. The summed E-state index contributed by atoms with van der Waals surface area (Å²) in [5.74, 6) is 0.408. The fourth-order valence-electron chi connectivity index (χ4n) is 2.83. The predicted molar refractivity (Wildman–Crippen MR) is 113 cm³/mol. The average molecular weight is 425 g/mol. The number of anilines is 1. The topological polar surface area (TPSA) is 83.5 Å². The van der Waals surface area contributed by atoms with Crippen LogP contribution in [-0.2, 0) is 20.0 Å². The SMILES string of the molecule is CC[C@@H](C)c1ccc(NS(=O)(=O)c2ccc(S(=O)(=O)N(CC)CC)cc2)cc1. The maximum atomic E-state index is 12.6. The molecule has 0 fully saturated rings. The molecular formula is C20H28N2O4S2. The summed E-state index contributed by atoms with van der Waals surface area (Å²) in [4.78, 5) is 0.0880. The van der Waals surface area contributed by atoms with Gasteiger partial charge in [-0.3, -0.25) is 4.72 Å². The zero-order valence-corrected chi connectivity index (χ0v) is 18.3. The minimum absolute atomic E-state index is 0.0111. The van der Waals surface area contributed by atoms with Crippen LogP contribution in [0.25, 0.3) is 0 Å². The molecule has 28 heavy (non-hydrogen) atoms. The van der Waals surface area contributed by atoms with Crippen molar-refractivity contribution in [2.24, 2.45) is 0 Å². The highest BCUT2D eigenvalue weighted by Gasteiger charge is 2.22. The quantitative estimate of drug-likeness (QED) is 0.659. The summed E-state index contributed by atoms with van der Waals surface area (Å²) in [7, 11) is -7.42. The Morgan fingerprint density at radius 1 is 0.821 bits per heavy atom. The Morgan fingerprint density at radius 3 is 1.79 bits per heavy atom. The molecule has 2 aromatic rings. The molecule has 6 nitrogen and oxygen atoms in total. The van der Waals surface area contributed by atoms with Gasteiger partial charge >= 0.3 is 0 Å². The average Bonchev–Trinajstić information content (AvgIpc) is 2.68. The first kappa shape index (κ1) is 22.4. The van der Waals surface area contributed by atoms with E-state index < -0.39 is 20.0 Å². The van der Waals surface area contributed by atoms with E-state index in [0.29, 0.717) is 24.7 Å². The highest BCUT2D eigenvalue weighted by molar-refractivity contribution is 7.92. The van der Waals surface area contributed by atoms with Crippen LogP contribution >= 0.6 is 0 Å². The van der Waals surface area contributed by atoms with Crippen molar-refractivity contribution in [2.75, 3.05) is 17.8 Å². The molecule has 0 saturated carbocycles. The largest absolute Gasteiger partial charge is 0.280 e. The van der Waals surface area contributed by atoms with Crippen molar-refractivity contribution in [3.8, 4) is 0 Å². The van der Waals surface area contributed by atoms with Crippen LogP contribution in [0, 0.1) is 0 Å². The summed E-state index contributed by atoms with van der Waals surface area (Å²) in [6.07, 6.45) is 1.01. The van der Waals surface area contributed by atoms with Crippen LogP contribution < -0.4 is 4.72 Å². The third-order valence-electron chi connectivity index (χ3n) is 4.82. The van der Waals surface area contributed by atoms with Gasteiger partial charge in [0.25, 0.3) is 10.0 Å². The summed E-state index contributed by atoms with van der Waals surface area (Å²) in [5.41, 5.74) is 1.61. The van der Waals surface area contributed by atoms with Crippen LogP contribution in [0.1, 0.15) is 45.6 Å². The molecule has 0 aliphatic rings. The first-order valence-corrected chi connectivity index (χ1v) is 12.3. The monoisotopic (exact) mass is 424 g/mol. The molecule has 1 atom stereocenters. The number of sulfonamides is 2.